The minimum atomic E-state index is 0.769. The maximum atomic E-state index is 4.42. The molecule has 1 atom stereocenters. The van der Waals surface area contributed by atoms with Gasteiger partial charge in [0.1, 0.15) is 0 Å². The Labute approximate surface area is 97.1 Å². The van der Waals surface area contributed by atoms with Crippen molar-refractivity contribution >= 4 is 5.95 Å². The Morgan fingerprint density at radius 3 is 2.75 bits per heavy atom. The lowest BCUT2D eigenvalue weighted by Crippen LogP contribution is -2.22. The fourth-order valence-electron chi connectivity index (χ4n) is 1.99. The van der Waals surface area contributed by atoms with E-state index in [9.17, 15) is 0 Å². The van der Waals surface area contributed by atoms with E-state index in [1.807, 2.05) is 12.4 Å². The van der Waals surface area contributed by atoms with Crippen molar-refractivity contribution in [1.29, 1.82) is 0 Å². The number of aromatic nitrogens is 2. The van der Waals surface area contributed by atoms with Crippen LogP contribution in [0.25, 0.3) is 0 Å². The number of anilines is 1. The van der Waals surface area contributed by atoms with Gasteiger partial charge < -0.3 is 10.2 Å². The highest BCUT2D eigenvalue weighted by atomic mass is 15.3. The van der Waals surface area contributed by atoms with E-state index in [2.05, 4.69) is 34.0 Å². The molecule has 2 heterocycles. The highest BCUT2D eigenvalue weighted by molar-refractivity contribution is 5.31. The number of rotatable bonds is 4. The first kappa shape index (κ1) is 11.3. The third-order valence-corrected chi connectivity index (χ3v) is 2.98. The third kappa shape index (κ3) is 2.70. The van der Waals surface area contributed by atoms with Crippen LogP contribution in [0.2, 0.25) is 0 Å². The van der Waals surface area contributed by atoms with Crippen molar-refractivity contribution in [3.05, 3.63) is 18.0 Å². The number of hydrogen-bond acceptors (Lipinski definition) is 4. The van der Waals surface area contributed by atoms with Gasteiger partial charge in [-0.15, -0.1) is 0 Å². The Kier molecular flexibility index (Phi) is 3.72. The lowest BCUT2D eigenvalue weighted by Gasteiger charge is -2.15. The molecular weight excluding hydrogens is 200 g/mol. The molecule has 0 amide bonds. The van der Waals surface area contributed by atoms with Crippen LogP contribution in [0.4, 0.5) is 5.95 Å². The average molecular weight is 220 g/mol. The van der Waals surface area contributed by atoms with Crippen LogP contribution < -0.4 is 10.2 Å². The summed E-state index contributed by atoms with van der Waals surface area (Å²) in [6.07, 6.45) is 5.10. The second-order valence-corrected chi connectivity index (χ2v) is 4.51. The molecule has 1 N–H and O–H groups in total. The van der Waals surface area contributed by atoms with E-state index in [1.165, 1.54) is 6.42 Å². The monoisotopic (exact) mass is 220 g/mol. The van der Waals surface area contributed by atoms with Crippen molar-refractivity contribution in [2.45, 2.75) is 26.8 Å². The summed E-state index contributed by atoms with van der Waals surface area (Å²) in [6.45, 7) is 8.39. The van der Waals surface area contributed by atoms with Crippen molar-refractivity contribution < 1.29 is 0 Å². The van der Waals surface area contributed by atoms with Gasteiger partial charge in [0.15, 0.2) is 0 Å². The van der Waals surface area contributed by atoms with Crippen molar-refractivity contribution in [3.63, 3.8) is 0 Å². The Bertz CT molecular complexity index is 322. The van der Waals surface area contributed by atoms with Crippen molar-refractivity contribution in [2.24, 2.45) is 5.92 Å². The van der Waals surface area contributed by atoms with Crippen LogP contribution in [-0.2, 0) is 6.54 Å². The van der Waals surface area contributed by atoms with Crippen molar-refractivity contribution in [2.75, 3.05) is 24.5 Å². The zero-order chi connectivity index (χ0) is 11.4. The molecule has 0 aliphatic carbocycles. The second kappa shape index (κ2) is 5.25. The molecule has 4 heteroatoms. The first-order valence-corrected chi connectivity index (χ1v) is 6.06. The minimum absolute atomic E-state index is 0.769. The fourth-order valence-corrected chi connectivity index (χ4v) is 1.99. The lowest BCUT2D eigenvalue weighted by molar-refractivity contribution is 0.658. The lowest BCUT2D eigenvalue weighted by atomic mass is 10.2. The Balaban J connectivity index is 1.96. The summed E-state index contributed by atoms with van der Waals surface area (Å²) < 4.78 is 0. The van der Waals surface area contributed by atoms with Gasteiger partial charge in [0.25, 0.3) is 0 Å². The molecule has 16 heavy (non-hydrogen) atoms. The van der Waals surface area contributed by atoms with Gasteiger partial charge in [0, 0.05) is 37.6 Å². The summed E-state index contributed by atoms with van der Waals surface area (Å²) >= 11 is 0. The van der Waals surface area contributed by atoms with Gasteiger partial charge in [0.2, 0.25) is 5.95 Å². The largest absolute Gasteiger partial charge is 0.341 e. The molecule has 2 rings (SSSR count). The fraction of sp³-hybridized carbons (Fsp3) is 0.667. The summed E-state index contributed by atoms with van der Waals surface area (Å²) in [6, 6.07) is 0. The van der Waals surface area contributed by atoms with Crippen LogP contribution in [0.1, 0.15) is 25.8 Å². The van der Waals surface area contributed by atoms with E-state index >= 15 is 0 Å². The van der Waals surface area contributed by atoms with E-state index in [4.69, 9.17) is 0 Å². The standard InChI is InChI=1S/C12H20N4/c1-3-13-6-11-7-14-12(15-8-11)16-5-4-10(2)9-16/h7-8,10,13H,3-6,9H2,1-2H3. The molecule has 4 nitrogen and oxygen atoms in total. The highest BCUT2D eigenvalue weighted by Gasteiger charge is 2.20. The zero-order valence-electron chi connectivity index (χ0n) is 10.1. The van der Waals surface area contributed by atoms with Crippen LogP contribution >= 0.6 is 0 Å². The minimum Gasteiger partial charge on any atom is -0.341 e. The molecule has 1 aliphatic rings. The Morgan fingerprint density at radius 1 is 1.44 bits per heavy atom. The molecule has 0 spiro atoms. The SMILES string of the molecule is CCNCc1cnc(N2CCC(C)C2)nc1. The van der Waals surface area contributed by atoms with Gasteiger partial charge in [-0.3, -0.25) is 0 Å². The predicted octanol–water partition coefficient (Wildman–Crippen LogP) is 1.43. The molecule has 1 aromatic rings. The second-order valence-electron chi connectivity index (χ2n) is 4.51. The number of nitrogens with zero attached hydrogens (tertiary/aromatic N) is 3. The van der Waals surface area contributed by atoms with Gasteiger partial charge in [-0.05, 0) is 18.9 Å². The molecule has 0 saturated carbocycles. The maximum absolute atomic E-state index is 4.42. The highest BCUT2D eigenvalue weighted by Crippen LogP contribution is 2.19. The van der Waals surface area contributed by atoms with E-state index in [1.54, 1.807) is 0 Å². The number of hydrogen-bond donors (Lipinski definition) is 1. The van der Waals surface area contributed by atoms with Gasteiger partial charge in [0.05, 0.1) is 0 Å². The summed E-state index contributed by atoms with van der Waals surface area (Å²) in [7, 11) is 0. The van der Waals surface area contributed by atoms with Crippen LogP contribution in [-0.4, -0.2) is 29.6 Å². The van der Waals surface area contributed by atoms with E-state index in [0.717, 1.165) is 43.6 Å². The molecule has 0 aromatic carbocycles. The topological polar surface area (TPSA) is 41.1 Å². The van der Waals surface area contributed by atoms with Crippen molar-refractivity contribution in [3.8, 4) is 0 Å². The summed E-state index contributed by atoms with van der Waals surface area (Å²) in [4.78, 5) is 11.1. The quantitative estimate of drug-likeness (QED) is 0.833. The Hall–Kier alpha value is -1.16. The molecule has 1 fully saturated rings. The van der Waals surface area contributed by atoms with Crippen LogP contribution in [0.5, 0.6) is 0 Å². The molecule has 1 unspecified atom stereocenters. The average Bonchev–Trinajstić information content (AvgIpc) is 2.74. The van der Waals surface area contributed by atoms with Crippen LogP contribution in [0.3, 0.4) is 0 Å². The first-order valence-electron chi connectivity index (χ1n) is 6.06. The van der Waals surface area contributed by atoms with E-state index in [-0.39, 0.29) is 0 Å². The van der Waals surface area contributed by atoms with Crippen LogP contribution in [0.15, 0.2) is 12.4 Å². The zero-order valence-corrected chi connectivity index (χ0v) is 10.1. The van der Waals surface area contributed by atoms with E-state index < -0.39 is 0 Å². The van der Waals surface area contributed by atoms with Gasteiger partial charge >= 0.3 is 0 Å². The summed E-state index contributed by atoms with van der Waals surface area (Å²) in [5, 5.41) is 3.27. The molecule has 1 aliphatic heterocycles. The molecular formula is C12H20N4. The summed E-state index contributed by atoms with van der Waals surface area (Å²) in [5.41, 5.74) is 1.15. The van der Waals surface area contributed by atoms with Crippen LogP contribution in [0, 0.1) is 5.92 Å². The number of nitrogens with one attached hydrogen (secondary N) is 1. The van der Waals surface area contributed by atoms with Gasteiger partial charge in [-0.1, -0.05) is 13.8 Å². The molecule has 0 bridgehead atoms. The van der Waals surface area contributed by atoms with Gasteiger partial charge in [-0.2, -0.15) is 0 Å². The smallest absolute Gasteiger partial charge is 0.225 e. The van der Waals surface area contributed by atoms with Gasteiger partial charge in [-0.25, -0.2) is 9.97 Å². The molecule has 88 valence electrons. The maximum Gasteiger partial charge on any atom is 0.225 e. The summed E-state index contributed by atoms with van der Waals surface area (Å²) in [5.74, 6) is 1.65. The Morgan fingerprint density at radius 2 is 2.19 bits per heavy atom. The molecule has 1 aromatic heterocycles. The third-order valence-electron chi connectivity index (χ3n) is 2.98. The predicted molar refractivity (Wildman–Crippen MR) is 65.4 cm³/mol. The normalized spacial score (nSPS) is 20.4. The molecule has 1 saturated heterocycles. The first-order chi connectivity index (χ1) is 7.79. The molecule has 0 radical (unpaired) electrons. The van der Waals surface area contributed by atoms with E-state index in [0.29, 0.717) is 0 Å². The van der Waals surface area contributed by atoms with Crippen molar-refractivity contribution in [1.82, 2.24) is 15.3 Å².